The van der Waals surface area contributed by atoms with Crippen molar-refractivity contribution in [2.24, 2.45) is 5.92 Å². The second-order valence-electron chi connectivity index (χ2n) is 5.93. The number of nitrogens with zero attached hydrogens (tertiary/aromatic N) is 1. The number of hydrogen-bond donors (Lipinski definition) is 1. The fourth-order valence-electron chi connectivity index (χ4n) is 3.19. The Hall–Kier alpha value is -1.90. The van der Waals surface area contributed by atoms with Gasteiger partial charge in [0.1, 0.15) is 11.6 Å². The number of pyridine rings is 1. The van der Waals surface area contributed by atoms with Gasteiger partial charge in [0, 0.05) is 29.6 Å². The Labute approximate surface area is 124 Å². The molecule has 2 nitrogen and oxygen atoms in total. The van der Waals surface area contributed by atoms with Crippen molar-refractivity contribution in [3.05, 3.63) is 48.0 Å². The van der Waals surface area contributed by atoms with Crippen LogP contribution in [0, 0.1) is 11.7 Å². The van der Waals surface area contributed by atoms with Crippen molar-refractivity contribution in [3.8, 4) is 16.9 Å². The molecule has 110 valence electrons. The Kier molecular flexibility index (Phi) is 4.18. The number of aromatic nitrogens is 1. The largest absolute Gasteiger partial charge is 0.507 e. The smallest absolute Gasteiger partial charge is 0.126 e. The highest BCUT2D eigenvalue weighted by Crippen LogP contribution is 2.31. The van der Waals surface area contributed by atoms with E-state index >= 15 is 0 Å². The first-order valence-corrected chi connectivity index (χ1v) is 7.65. The molecule has 3 heteroatoms. The van der Waals surface area contributed by atoms with Crippen LogP contribution in [0.1, 0.15) is 37.7 Å². The van der Waals surface area contributed by atoms with Crippen LogP contribution in [-0.2, 0) is 6.42 Å². The molecule has 1 N–H and O–H groups in total. The number of halogens is 1. The molecule has 0 amide bonds. The van der Waals surface area contributed by atoms with Gasteiger partial charge in [-0.05, 0) is 42.5 Å². The average molecular weight is 285 g/mol. The number of hydrogen-bond acceptors (Lipinski definition) is 2. The van der Waals surface area contributed by atoms with Crippen molar-refractivity contribution in [1.29, 1.82) is 0 Å². The third kappa shape index (κ3) is 3.41. The molecule has 1 saturated carbocycles. The van der Waals surface area contributed by atoms with Gasteiger partial charge in [-0.25, -0.2) is 4.39 Å². The van der Waals surface area contributed by atoms with E-state index in [4.69, 9.17) is 0 Å². The number of aryl methyl sites for hydroxylation is 1. The van der Waals surface area contributed by atoms with Crippen molar-refractivity contribution < 1.29 is 9.50 Å². The van der Waals surface area contributed by atoms with Crippen LogP contribution in [0.3, 0.4) is 0 Å². The first-order valence-electron chi connectivity index (χ1n) is 7.65. The van der Waals surface area contributed by atoms with E-state index < -0.39 is 5.82 Å². The normalized spacial score (nSPS) is 15.5. The molecule has 1 fully saturated rings. The number of rotatable bonds is 4. The Morgan fingerprint density at radius 2 is 1.95 bits per heavy atom. The maximum atomic E-state index is 13.1. The highest BCUT2D eigenvalue weighted by atomic mass is 19.1. The van der Waals surface area contributed by atoms with Gasteiger partial charge < -0.3 is 5.11 Å². The Morgan fingerprint density at radius 1 is 1.14 bits per heavy atom. The van der Waals surface area contributed by atoms with Gasteiger partial charge >= 0.3 is 0 Å². The molecule has 0 spiro atoms. The molecule has 0 radical (unpaired) electrons. The van der Waals surface area contributed by atoms with Crippen molar-refractivity contribution in [2.75, 3.05) is 0 Å². The standard InChI is InChI=1S/C18H20FNO/c19-16-7-8-17(18(21)10-16)15-9-14(11-20-12-15)6-5-13-3-1-2-4-13/h7-13,21H,1-6H2. The minimum atomic E-state index is -0.429. The van der Waals surface area contributed by atoms with Crippen LogP contribution in [-0.4, -0.2) is 10.1 Å². The second kappa shape index (κ2) is 6.25. The van der Waals surface area contributed by atoms with Crippen LogP contribution in [0.25, 0.3) is 11.1 Å². The molecule has 1 aromatic heterocycles. The van der Waals surface area contributed by atoms with Gasteiger partial charge in [-0.1, -0.05) is 25.7 Å². The minimum absolute atomic E-state index is 0.0373. The van der Waals surface area contributed by atoms with E-state index in [2.05, 4.69) is 11.1 Å². The molecule has 1 heterocycles. The predicted molar refractivity (Wildman–Crippen MR) is 81.6 cm³/mol. The zero-order valence-corrected chi connectivity index (χ0v) is 12.1. The number of benzene rings is 1. The van der Waals surface area contributed by atoms with Gasteiger partial charge in [-0.15, -0.1) is 0 Å². The van der Waals surface area contributed by atoms with Gasteiger partial charge in [0.05, 0.1) is 0 Å². The summed E-state index contributed by atoms with van der Waals surface area (Å²) < 4.78 is 13.1. The summed E-state index contributed by atoms with van der Waals surface area (Å²) in [5.74, 6) is 0.388. The van der Waals surface area contributed by atoms with Gasteiger partial charge in [-0.3, -0.25) is 4.98 Å². The molecule has 3 rings (SSSR count). The zero-order valence-electron chi connectivity index (χ0n) is 12.1. The maximum absolute atomic E-state index is 13.1. The summed E-state index contributed by atoms with van der Waals surface area (Å²) >= 11 is 0. The third-order valence-electron chi connectivity index (χ3n) is 4.38. The molecule has 0 bridgehead atoms. The molecule has 0 atom stereocenters. The van der Waals surface area contributed by atoms with Crippen molar-refractivity contribution in [3.63, 3.8) is 0 Å². The lowest BCUT2D eigenvalue weighted by atomic mass is 9.97. The molecule has 2 aromatic rings. The lowest BCUT2D eigenvalue weighted by Gasteiger charge is -2.10. The van der Waals surface area contributed by atoms with Crippen LogP contribution < -0.4 is 0 Å². The summed E-state index contributed by atoms with van der Waals surface area (Å²) in [6.45, 7) is 0. The zero-order chi connectivity index (χ0) is 14.7. The van der Waals surface area contributed by atoms with Crippen LogP contribution >= 0.6 is 0 Å². The van der Waals surface area contributed by atoms with E-state index in [9.17, 15) is 9.50 Å². The molecule has 0 unspecified atom stereocenters. The van der Waals surface area contributed by atoms with Crippen molar-refractivity contribution in [1.82, 2.24) is 4.98 Å². The SMILES string of the molecule is Oc1cc(F)ccc1-c1cncc(CCC2CCCC2)c1. The molecule has 1 aliphatic carbocycles. The van der Waals surface area contributed by atoms with Gasteiger partial charge in [-0.2, -0.15) is 0 Å². The molecule has 0 aliphatic heterocycles. The summed E-state index contributed by atoms with van der Waals surface area (Å²) in [5, 5.41) is 9.87. The van der Waals surface area contributed by atoms with E-state index in [0.29, 0.717) is 5.56 Å². The second-order valence-corrected chi connectivity index (χ2v) is 5.93. The van der Waals surface area contributed by atoms with Crippen LogP contribution in [0.15, 0.2) is 36.7 Å². The van der Waals surface area contributed by atoms with Gasteiger partial charge in [0.2, 0.25) is 0 Å². The lowest BCUT2D eigenvalue weighted by Crippen LogP contribution is -1.97. The summed E-state index contributed by atoms with van der Waals surface area (Å²) in [4.78, 5) is 4.26. The van der Waals surface area contributed by atoms with E-state index in [-0.39, 0.29) is 5.75 Å². The molecule has 1 aromatic carbocycles. The third-order valence-corrected chi connectivity index (χ3v) is 4.38. The number of aromatic hydroxyl groups is 1. The van der Waals surface area contributed by atoms with Crippen LogP contribution in [0.4, 0.5) is 4.39 Å². The van der Waals surface area contributed by atoms with Crippen LogP contribution in [0.2, 0.25) is 0 Å². The highest BCUT2D eigenvalue weighted by Gasteiger charge is 2.15. The molecule has 21 heavy (non-hydrogen) atoms. The Bertz CT molecular complexity index is 620. The maximum Gasteiger partial charge on any atom is 0.126 e. The van der Waals surface area contributed by atoms with Crippen molar-refractivity contribution >= 4 is 0 Å². The quantitative estimate of drug-likeness (QED) is 0.882. The minimum Gasteiger partial charge on any atom is -0.507 e. The van der Waals surface area contributed by atoms with Gasteiger partial charge in [0.25, 0.3) is 0 Å². The topological polar surface area (TPSA) is 33.1 Å². The summed E-state index contributed by atoms with van der Waals surface area (Å²) in [6, 6.07) is 6.15. The molecule has 0 saturated heterocycles. The Morgan fingerprint density at radius 3 is 2.71 bits per heavy atom. The first-order chi connectivity index (χ1) is 10.2. The van der Waals surface area contributed by atoms with Gasteiger partial charge in [0.15, 0.2) is 0 Å². The first kappa shape index (κ1) is 14.1. The molecule has 1 aliphatic rings. The summed E-state index contributed by atoms with van der Waals surface area (Å²) in [5.41, 5.74) is 2.66. The van der Waals surface area contributed by atoms with E-state index in [1.54, 1.807) is 12.3 Å². The van der Waals surface area contributed by atoms with E-state index in [0.717, 1.165) is 24.0 Å². The van der Waals surface area contributed by atoms with Crippen LogP contribution in [0.5, 0.6) is 5.75 Å². The van der Waals surface area contributed by atoms with E-state index in [1.807, 2.05) is 6.20 Å². The fourth-order valence-corrected chi connectivity index (χ4v) is 3.19. The monoisotopic (exact) mass is 285 g/mol. The van der Waals surface area contributed by atoms with E-state index in [1.165, 1.54) is 43.7 Å². The number of phenolic OH excluding ortho intramolecular Hbond substituents is 1. The average Bonchev–Trinajstić information content (AvgIpc) is 2.99. The number of phenols is 1. The lowest BCUT2D eigenvalue weighted by molar-refractivity contribution is 0.471. The Balaban J connectivity index is 1.75. The predicted octanol–water partition coefficient (Wildman–Crippen LogP) is 4.72. The summed E-state index contributed by atoms with van der Waals surface area (Å²) in [7, 11) is 0. The molecular weight excluding hydrogens is 265 g/mol. The summed E-state index contributed by atoms with van der Waals surface area (Å²) in [6.07, 6.45) is 11.3. The highest BCUT2D eigenvalue weighted by molar-refractivity contribution is 5.69. The fraction of sp³-hybridized carbons (Fsp3) is 0.389. The molecular formula is C18H20FNO. The van der Waals surface area contributed by atoms with Crippen molar-refractivity contribution in [2.45, 2.75) is 38.5 Å².